The molecule has 1 amide bonds. The van der Waals surface area contributed by atoms with Crippen LogP contribution in [0.1, 0.15) is 44.5 Å². The molecule has 0 saturated carbocycles. The number of morpholine rings is 1. The first-order valence-corrected chi connectivity index (χ1v) is 20.1. The lowest BCUT2D eigenvalue weighted by Gasteiger charge is -2.43. The summed E-state index contributed by atoms with van der Waals surface area (Å²) >= 11 is 0. The largest absolute Gasteiger partial charge is 0.379 e. The first kappa shape index (κ1) is 35.6. The van der Waals surface area contributed by atoms with Crippen LogP contribution in [-0.2, 0) is 41.4 Å². The second kappa shape index (κ2) is 13.2. The fraction of sp³-hybridized carbons (Fsp3) is 0.594. The lowest BCUT2D eigenvalue weighted by molar-refractivity contribution is -0.121. The highest BCUT2D eigenvalue weighted by Crippen LogP contribution is 2.42. The average molecular weight is 721 g/mol. The Balaban J connectivity index is 1.41. The third kappa shape index (κ3) is 7.32. The van der Waals surface area contributed by atoms with E-state index < -0.39 is 37.2 Å². The van der Waals surface area contributed by atoms with Gasteiger partial charge in [0.1, 0.15) is 5.82 Å². The molecular formula is C32H45FN8O6S2. The minimum absolute atomic E-state index is 0.0951. The summed E-state index contributed by atoms with van der Waals surface area (Å²) in [6, 6.07) is 8.38. The normalized spacial score (nSPS) is 23.6. The van der Waals surface area contributed by atoms with Crippen molar-refractivity contribution >= 4 is 43.2 Å². The van der Waals surface area contributed by atoms with E-state index in [1.54, 1.807) is 17.0 Å². The van der Waals surface area contributed by atoms with E-state index in [9.17, 15) is 26.0 Å². The Labute approximate surface area is 287 Å². The number of pyridine rings is 1. The van der Waals surface area contributed by atoms with Gasteiger partial charge in [-0.05, 0) is 37.6 Å². The fourth-order valence-electron chi connectivity index (χ4n) is 7.23. The molecule has 17 heteroatoms. The van der Waals surface area contributed by atoms with Crippen molar-refractivity contribution in [3.8, 4) is 0 Å². The molecule has 0 bridgehead atoms. The third-order valence-corrected chi connectivity index (χ3v) is 12.7. The number of aromatic nitrogens is 3. The number of ether oxygens (including phenoxy) is 1. The maximum absolute atomic E-state index is 14.4. The second-order valence-electron chi connectivity index (χ2n) is 14.3. The van der Waals surface area contributed by atoms with Crippen molar-refractivity contribution in [2.75, 3.05) is 73.6 Å². The van der Waals surface area contributed by atoms with Crippen LogP contribution in [0.5, 0.6) is 0 Å². The zero-order valence-electron chi connectivity index (χ0n) is 28.8. The standard InChI is InChI=1S/C32H45FN8O6S2/c1-21-16-38(26(15-34-21)17-37-11-12-47-19-22(37)2)18-28(42)39-20-32(3,4)29-27(39)14-24(13-23-7-9-25(33)10-8-23)30-35-31(36-40(29)30)41(48(5,43)44)49(6,45)46/h7-10,14,21-22,26,34H,11-13,15-20H2,1-6H3/t21-,22-,26-/m1/s1. The molecule has 0 unspecified atom stereocenters. The Morgan fingerprint density at radius 3 is 2.45 bits per heavy atom. The van der Waals surface area contributed by atoms with Crippen LogP contribution in [0.15, 0.2) is 30.3 Å². The number of hydrogen-bond donors (Lipinski definition) is 1. The summed E-state index contributed by atoms with van der Waals surface area (Å²) in [5.41, 5.74) is 2.07. The average Bonchev–Trinajstić information content (AvgIpc) is 3.53. The Morgan fingerprint density at radius 1 is 1.10 bits per heavy atom. The molecule has 2 aromatic heterocycles. The van der Waals surface area contributed by atoms with Gasteiger partial charge in [0, 0.05) is 68.2 Å². The molecule has 2 fully saturated rings. The van der Waals surface area contributed by atoms with E-state index in [2.05, 4.69) is 39.0 Å². The fourth-order valence-corrected chi connectivity index (χ4v) is 9.94. The molecule has 1 N–H and O–H groups in total. The van der Waals surface area contributed by atoms with Crippen LogP contribution in [0.4, 0.5) is 16.0 Å². The molecule has 0 radical (unpaired) electrons. The van der Waals surface area contributed by atoms with Gasteiger partial charge in [-0.15, -0.1) is 8.81 Å². The topological polar surface area (TPSA) is 150 Å². The number of amides is 1. The number of sulfonamides is 2. The van der Waals surface area contributed by atoms with Gasteiger partial charge in [0.2, 0.25) is 26.0 Å². The van der Waals surface area contributed by atoms with Gasteiger partial charge in [0.15, 0.2) is 5.65 Å². The summed E-state index contributed by atoms with van der Waals surface area (Å²) in [6.45, 7) is 13.2. The highest BCUT2D eigenvalue weighted by Gasteiger charge is 2.43. The van der Waals surface area contributed by atoms with Crippen molar-refractivity contribution in [1.82, 2.24) is 29.7 Å². The van der Waals surface area contributed by atoms with Crippen molar-refractivity contribution in [3.05, 3.63) is 53.0 Å². The predicted octanol–water partition coefficient (Wildman–Crippen LogP) is 1.19. The molecule has 49 heavy (non-hydrogen) atoms. The van der Waals surface area contributed by atoms with E-state index in [-0.39, 0.29) is 46.4 Å². The highest BCUT2D eigenvalue weighted by molar-refractivity contribution is 8.09. The van der Waals surface area contributed by atoms with E-state index >= 15 is 0 Å². The third-order valence-electron chi connectivity index (χ3n) is 9.52. The maximum atomic E-state index is 14.4. The summed E-state index contributed by atoms with van der Waals surface area (Å²) in [5.74, 6) is -1.01. The van der Waals surface area contributed by atoms with Crippen LogP contribution >= 0.6 is 0 Å². The number of carbonyl (C=O) groups excluding carboxylic acids is 1. The van der Waals surface area contributed by atoms with Crippen molar-refractivity contribution < 1.29 is 30.8 Å². The molecule has 2 saturated heterocycles. The number of anilines is 2. The minimum atomic E-state index is -4.33. The van der Waals surface area contributed by atoms with Gasteiger partial charge < -0.3 is 15.0 Å². The lowest BCUT2D eigenvalue weighted by atomic mass is 9.90. The zero-order valence-corrected chi connectivity index (χ0v) is 30.4. The maximum Gasteiger partial charge on any atom is 0.273 e. The number of nitrogens with zero attached hydrogens (tertiary/aromatic N) is 7. The van der Waals surface area contributed by atoms with Crippen LogP contribution < -0.4 is 13.9 Å². The molecule has 3 aliphatic heterocycles. The molecule has 6 rings (SSSR count). The van der Waals surface area contributed by atoms with Gasteiger partial charge in [-0.3, -0.25) is 14.6 Å². The minimum Gasteiger partial charge on any atom is -0.379 e. The van der Waals surface area contributed by atoms with E-state index in [0.717, 1.165) is 37.7 Å². The van der Waals surface area contributed by atoms with E-state index in [0.29, 0.717) is 43.2 Å². The van der Waals surface area contributed by atoms with Crippen LogP contribution in [0, 0.1) is 5.82 Å². The number of hydrogen-bond acceptors (Lipinski definition) is 11. The molecule has 5 heterocycles. The summed E-state index contributed by atoms with van der Waals surface area (Å²) in [7, 11) is -8.66. The van der Waals surface area contributed by atoms with Crippen molar-refractivity contribution in [2.24, 2.45) is 0 Å². The second-order valence-corrected chi connectivity index (χ2v) is 18.1. The summed E-state index contributed by atoms with van der Waals surface area (Å²) < 4.78 is 71.9. The summed E-state index contributed by atoms with van der Waals surface area (Å²) in [4.78, 5) is 25.2. The monoisotopic (exact) mass is 720 g/mol. The van der Waals surface area contributed by atoms with Crippen molar-refractivity contribution in [3.63, 3.8) is 0 Å². The predicted molar refractivity (Wildman–Crippen MR) is 184 cm³/mol. The number of rotatable bonds is 9. The van der Waals surface area contributed by atoms with E-state index in [1.165, 1.54) is 16.6 Å². The Morgan fingerprint density at radius 2 is 1.80 bits per heavy atom. The van der Waals surface area contributed by atoms with Gasteiger partial charge in [-0.25, -0.2) is 25.7 Å². The number of benzene rings is 1. The number of piperazine rings is 1. The van der Waals surface area contributed by atoms with Gasteiger partial charge >= 0.3 is 0 Å². The van der Waals surface area contributed by atoms with Gasteiger partial charge in [0.05, 0.1) is 43.7 Å². The molecule has 3 aliphatic rings. The zero-order chi connectivity index (χ0) is 35.5. The summed E-state index contributed by atoms with van der Waals surface area (Å²) in [6.07, 6.45) is 1.79. The first-order chi connectivity index (χ1) is 22.9. The highest BCUT2D eigenvalue weighted by atomic mass is 32.3. The smallest absolute Gasteiger partial charge is 0.273 e. The van der Waals surface area contributed by atoms with Gasteiger partial charge in [0.25, 0.3) is 5.95 Å². The van der Waals surface area contributed by atoms with Crippen molar-refractivity contribution in [2.45, 2.75) is 57.7 Å². The molecule has 3 aromatic rings. The van der Waals surface area contributed by atoms with Gasteiger partial charge in [-0.2, -0.15) is 4.98 Å². The number of carbonyl (C=O) groups is 1. The molecule has 3 atom stereocenters. The Hall–Kier alpha value is -3.22. The first-order valence-electron chi connectivity index (χ1n) is 16.4. The SMILES string of the molecule is C[C@@H]1CN(CC(=O)N2CC(C)(C)c3c2cc(Cc2ccc(F)cc2)c2nc(N(S(C)(=O)=O)S(C)(=O)=O)nn32)[C@@H](CN2CCOC[C@H]2C)CN1. The Kier molecular flexibility index (Phi) is 9.56. The summed E-state index contributed by atoms with van der Waals surface area (Å²) in [5, 5.41) is 8.04. The van der Waals surface area contributed by atoms with E-state index in [4.69, 9.17) is 4.74 Å². The molecule has 0 aliphatic carbocycles. The van der Waals surface area contributed by atoms with Crippen LogP contribution in [0.2, 0.25) is 0 Å². The molecular weight excluding hydrogens is 676 g/mol. The molecule has 1 aromatic carbocycles. The molecule has 14 nitrogen and oxygen atoms in total. The van der Waals surface area contributed by atoms with Crippen LogP contribution in [-0.4, -0.2) is 130 Å². The Bertz CT molecular complexity index is 1920. The van der Waals surface area contributed by atoms with Crippen LogP contribution in [0.25, 0.3) is 5.65 Å². The number of nitrogens with one attached hydrogen (secondary N) is 1. The van der Waals surface area contributed by atoms with E-state index in [1.807, 2.05) is 19.9 Å². The quantitative estimate of drug-likeness (QED) is 0.340. The molecule has 268 valence electrons. The van der Waals surface area contributed by atoms with Crippen molar-refractivity contribution in [1.29, 1.82) is 0 Å². The number of halogens is 1. The van der Waals surface area contributed by atoms with Crippen LogP contribution in [0.3, 0.4) is 0 Å². The number of fused-ring (bicyclic) bond motifs is 3. The van der Waals surface area contributed by atoms with Gasteiger partial charge in [-0.1, -0.05) is 26.0 Å². The molecule has 0 spiro atoms. The lowest BCUT2D eigenvalue weighted by Crippen LogP contribution is -2.62.